The minimum atomic E-state index is -0.0893. The first-order chi connectivity index (χ1) is 8.49. The zero-order valence-electron chi connectivity index (χ0n) is 10.4. The lowest BCUT2D eigenvalue weighted by molar-refractivity contribution is 0.194. The molecular formula is C13H16Cl2N2O. The van der Waals surface area contributed by atoms with Crippen LogP contribution in [0.15, 0.2) is 18.2 Å². The molecule has 0 heterocycles. The molecule has 1 atom stereocenters. The molecule has 1 aromatic rings. The van der Waals surface area contributed by atoms with Gasteiger partial charge in [0.2, 0.25) is 0 Å². The van der Waals surface area contributed by atoms with Crippen LogP contribution < -0.4 is 5.32 Å². The molecule has 0 aliphatic heterocycles. The van der Waals surface area contributed by atoms with Gasteiger partial charge in [-0.1, -0.05) is 29.3 Å². The number of benzene rings is 1. The number of hydrogen-bond acceptors (Lipinski definition) is 1. The summed E-state index contributed by atoms with van der Waals surface area (Å²) in [6.45, 7) is 1.95. The Morgan fingerprint density at radius 2 is 2.11 bits per heavy atom. The van der Waals surface area contributed by atoms with E-state index in [1.807, 2.05) is 13.0 Å². The highest BCUT2D eigenvalue weighted by Crippen LogP contribution is 2.29. The monoisotopic (exact) mass is 286 g/mol. The Kier molecular flexibility index (Phi) is 4.03. The standard InChI is InChI=1S/C13H16Cl2N2O/c1-8(11-6-3-9(14)7-12(11)15)17(2)13(18)16-10-4-5-10/h3,6-8,10H,4-5H2,1-2H3,(H,16,18). The molecule has 98 valence electrons. The number of nitrogens with one attached hydrogen (secondary N) is 1. The van der Waals surface area contributed by atoms with Gasteiger partial charge in [-0.2, -0.15) is 0 Å². The molecule has 3 nitrogen and oxygen atoms in total. The fraction of sp³-hybridized carbons (Fsp3) is 0.462. The van der Waals surface area contributed by atoms with Crippen molar-refractivity contribution in [2.75, 3.05) is 7.05 Å². The van der Waals surface area contributed by atoms with Crippen molar-refractivity contribution in [3.05, 3.63) is 33.8 Å². The zero-order valence-corrected chi connectivity index (χ0v) is 11.9. The number of amides is 2. The second-order valence-corrected chi connectivity index (χ2v) is 5.52. The van der Waals surface area contributed by atoms with E-state index in [0.717, 1.165) is 18.4 Å². The summed E-state index contributed by atoms with van der Waals surface area (Å²) in [5.74, 6) is 0. The van der Waals surface area contributed by atoms with Crippen molar-refractivity contribution in [2.24, 2.45) is 0 Å². The van der Waals surface area contributed by atoms with Gasteiger partial charge in [0.05, 0.1) is 6.04 Å². The molecule has 5 heteroatoms. The molecule has 0 aromatic heterocycles. The first-order valence-electron chi connectivity index (χ1n) is 5.97. The van der Waals surface area contributed by atoms with Gasteiger partial charge in [-0.3, -0.25) is 0 Å². The van der Waals surface area contributed by atoms with Crippen LogP contribution in [0.3, 0.4) is 0 Å². The Hall–Kier alpha value is -0.930. The van der Waals surface area contributed by atoms with Gasteiger partial charge in [0.15, 0.2) is 0 Å². The third kappa shape index (κ3) is 3.09. The van der Waals surface area contributed by atoms with Crippen LogP contribution >= 0.6 is 23.2 Å². The van der Waals surface area contributed by atoms with E-state index < -0.39 is 0 Å². The first-order valence-corrected chi connectivity index (χ1v) is 6.73. The number of urea groups is 1. The van der Waals surface area contributed by atoms with Crippen LogP contribution in [0.2, 0.25) is 10.0 Å². The van der Waals surface area contributed by atoms with Crippen molar-refractivity contribution in [1.82, 2.24) is 10.2 Å². The van der Waals surface area contributed by atoms with Gasteiger partial charge in [-0.15, -0.1) is 0 Å². The van der Waals surface area contributed by atoms with Crippen LogP contribution in [-0.4, -0.2) is 24.0 Å². The predicted octanol–water partition coefficient (Wildman–Crippen LogP) is 3.86. The molecular weight excluding hydrogens is 271 g/mol. The van der Waals surface area contributed by atoms with Crippen molar-refractivity contribution in [3.8, 4) is 0 Å². The largest absolute Gasteiger partial charge is 0.335 e. The Morgan fingerprint density at radius 3 is 2.67 bits per heavy atom. The van der Waals surface area contributed by atoms with Crippen LogP contribution in [-0.2, 0) is 0 Å². The Labute approximate surface area is 117 Å². The van der Waals surface area contributed by atoms with Gasteiger partial charge in [-0.25, -0.2) is 4.79 Å². The lowest BCUT2D eigenvalue weighted by Crippen LogP contribution is -2.39. The highest BCUT2D eigenvalue weighted by molar-refractivity contribution is 6.35. The van der Waals surface area contributed by atoms with Gasteiger partial charge >= 0.3 is 6.03 Å². The number of rotatable bonds is 3. The summed E-state index contributed by atoms with van der Waals surface area (Å²) in [5, 5.41) is 4.14. The number of halogens is 2. The van der Waals surface area contributed by atoms with E-state index in [0.29, 0.717) is 16.1 Å². The Balaban J connectivity index is 2.08. The van der Waals surface area contributed by atoms with Crippen LogP contribution in [0.1, 0.15) is 31.4 Å². The second kappa shape index (κ2) is 5.37. The molecule has 2 amide bonds. The van der Waals surface area contributed by atoms with Crippen LogP contribution in [0.25, 0.3) is 0 Å². The summed E-state index contributed by atoms with van der Waals surface area (Å²) in [7, 11) is 1.77. The van der Waals surface area contributed by atoms with Gasteiger partial charge in [0.25, 0.3) is 0 Å². The maximum Gasteiger partial charge on any atom is 0.317 e. The lowest BCUT2D eigenvalue weighted by atomic mass is 10.1. The maximum absolute atomic E-state index is 11.9. The quantitative estimate of drug-likeness (QED) is 0.899. The summed E-state index contributed by atoms with van der Waals surface area (Å²) in [5.41, 5.74) is 0.898. The summed E-state index contributed by atoms with van der Waals surface area (Å²) in [6, 6.07) is 5.54. The number of nitrogens with zero attached hydrogens (tertiary/aromatic N) is 1. The predicted molar refractivity (Wildman–Crippen MR) is 74.2 cm³/mol. The smallest absolute Gasteiger partial charge is 0.317 e. The molecule has 18 heavy (non-hydrogen) atoms. The van der Waals surface area contributed by atoms with Gasteiger partial charge in [-0.05, 0) is 37.5 Å². The van der Waals surface area contributed by atoms with Gasteiger partial charge in [0, 0.05) is 23.1 Å². The average molecular weight is 287 g/mol. The van der Waals surface area contributed by atoms with Crippen molar-refractivity contribution >= 4 is 29.2 Å². The summed E-state index contributed by atoms with van der Waals surface area (Å²) in [6.07, 6.45) is 2.16. The summed E-state index contributed by atoms with van der Waals surface area (Å²) < 4.78 is 0. The topological polar surface area (TPSA) is 32.3 Å². The number of carbonyl (C=O) groups excluding carboxylic acids is 1. The minimum Gasteiger partial charge on any atom is -0.335 e. The molecule has 0 radical (unpaired) electrons. The van der Waals surface area contributed by atoms with E-state index in [4.69, 9.17) is 23.2 Å². The zero-order chi connectivity index (χ0) is 13.3. The van der Waals surface area contributed by atoms with E-state index >= 15 is 0 Å². The molecule has 1 aromatic carbocycles. The van der Waals surface area contributed by atoms with Crippen molar-refractivity contribution < 1.29 is 4.79 Å². The molecule has 1 aliphatic carbocycles. The molecule has 0 bridgehead atoms. The third-order valence-electron chi connectivity index (χ3n) is 3.22. The average Bonchev–Trinajstić information content (AvgIpc) is 3.11. The number of hydrogen-bond donors (Lipinski definition) is 1. The second-order valence-electron chi connectivity index (χ2n) is 4.68. The molecule has 0 spiro atoms. The molecule has 1 saturated carbocycles. The SMILES string of the molecule is CC(c1ccc(Cl)cc1Cl)N(C)C(=O)NC1CC1. The fourth-order valence-corrected chi connectivity index (χ4v) is 2.30. The molecule has 1 N–H and O–H groups in total. The Bertz CT molecular complexity index is 460. The van der Waals surface area contributed by atoms with E-state index in [9.17, 15) is 4.79 Å². The highest BCUT2D eigenvalue weighted by Gasteiger charge is 2.27. The molecule has 1 unspecified atom stereocenters. The lowest BCUT2D eigenvalue weighted by Gasteiger charge is -2.26. The van der Waals surface area contributed by atoms with Gasteiger partial charge < -0.3 is 10.2 Å². The molecule has 1 fully saturated rings. The van der Waals surface area contributed by atoms with E-state index in [2.05, 4.69) is 5.32 Å². The number of carbonyl (C=O) groups is 1. The summed E-state index contributed by atoms with van der Waals surface area (Å²) >= 11 is 12.0. The van der Waals surface area contributed by atoms with Crippen LogP contribution in [0.4, 0.5) is 4.79 Å². The third-order valence-corrected chi connectivity index (χ3v) is 3.78. The van der Waals surface area contributed by atoms with E-state index in [1.54, 1.807) is 24.1 Å². The van der Waals surface area contributed by atoms with Crippen molar-refractivity contribution in [1.29, 1.82) is 0 Å². The normalized spacial score (nSPS) is 16.2. The maximum atomic E-state index is 11.9. The Morgan fingerprint density at radius 1 is 1.44 bits per heavy atom. The molecule has 0 saturated heterocycles. The van der Waals surface area contributed by atoms with Crippen LogP contribution in [0.5, 0.6) is 0 Å². The van der Waals surface area contributed by atoms with Gasteiger partial charge in [0.1, 0.15) is 0 Å². The van der Waals surface area contributed by atoms with E-state index in [-0.39, 0.29) is 12.1 Å². The van der Waals surface area contributed by atoms with Crippen molar-refractivity contribution in [2.45, 2.75) is 31.8 Å². The van der Waals surface area contributed by atoms with Crippen LogP contribution in [0, 0.1) is 0 Å². The summed E-state index contributed by atoms with van der Waals surface area (Å²) in [4.78, 5) is 13.6. The molecule has 2 rings (SSSR count). The fourth-order valence-electron chi connectivity index (χ4n) is 1.73. The first kappa shape index (κ1) is 13.5. The van der Waals surface area contributed by atoms with Crippen molar-refractivity contribution in [3.63, 3.8) is 0 Å². The highest BCUT2D eigenvalue weighted by atomic mass is 35.5. The molecule has 1 aliphatic rings. The van der Waals surface area contributed by atoms with E-state index in [1.165, 1.54) is 0 Å². The minimum absolute atomic E-state index is 0.0592.